The molecule has 0 amide bonds. The molecule has 0 aliphatic rings. The van der Waals surface area contributed by atoms with E-state index in [9.17, 15) is 13.2 Å². The highest BCUT2D eigenvalue weighted by atomic mass is 32.2. The van der Waals surface area contributed by atoms with E-state index >= 15 is 0 Å². The van der Waals surface area contributed by atoms with Crippen molar-refractivity contribution in [1.29, 1.82) is 0 Å². The number of sulfonamides is 1. The molecule has 0 saturated carbocycles. The molecule has 5 aromatic rings. The Bertz CT molecular complexity index is 1680. The molecule has 34 heavy (non-hydrogen) atoms. The molecule has 7 nitrogen and oxygen atoms in total. The van der Waals surface area contributed by atoms with Crippen molar-refractivity contribution in [1.82, 2.24) is 19.5 Å². The highest BCUT2D eigenvalue weighted by Gasteiger charge is 2.13. The van der Waals surface area contributed by atoms with Gasteiger partial charge >= 0.3 is 0 Å². The van der Waals surface area contributed by atoms with E-state index in [2.05, 4.69) is 14.8 Å². The third-order valence-corrected chi connectivity index (χ3v) is 6.95. The van der Waals surface area contributed by atoms with E-state index in [1.165, 1.54) is 0 Å². The number of aromatic nitrogens is 3. The quantitative estimate of drug-likeness (QED) is 0.408. The molecule has 3 aromatic carbocycles. The Morgan fingerprint density at radius 2 is 1.71 bits per heavy atom. The number of aryl methyl sites for hydroxylation is 1. The Kier molecular flexibility index (Phi) is 5.69. The second kappa shape index (κ2) is 8.81. The second-order valence-corrected chi connectivity index (χ2v) is 9.99. The molecule has 2 heterocycles. The summed E-state index contributed by atoms with van der Waals surface area (Å²) < 4.78 is 29.6. The number of pyridine rings is 1. The molecule has 0 fully saturated rings. The third kappa shape index (κ3) is 4.59. The van der Waals surface area contributed by atoms with Crippen LogP contribution in [0.25, 0.3) is 32.9 Å². The minimum Gasteiger partial charge on any atom is -0.289 e. The largest absolute Gasteiger partial charge is 0.289 e. The lowest BCUT2D eigenvalue weighted by molar-refractivity contribution is 0.580. The smallest absolute Gasteiger partial charge is 0.216 e. The summed E-state index contributed by atoms with van der Waals surface area (Å²) >= 11 is 0. The lowest BCUT2D eigenvalue weighted by atomic mass is 10.1. The van der Waals surface area contributed by atoms with Gasteiger partial charge in [0.15, 0.2) is 5.43 Å². The molecule has 5 rings (SSSR count). The molecule has 0 bridgehead atoms. The van der Waals surface area contributed by atoms with Gasteiger partial charge in [0.05, 0.1) is 17.0 Å². The summed E-state index contributed by atoms with van der Waals surface area (Å²) in [6.45, 7) is 0.213. The van der Waals surface area contributed by atoms with Crippen LogP contribution >= 0.6 is 0 Å². The van der Waals surface area contributed by atoms with Crippen molar-refractivity contribution in [3.05, 3.63) is 107 Å². The Balaban J connectivity index is 1.51. The molecular formula is C26H22N4O3S. The van der Waals surface area contributed by atoms with E-state index < -0.39 is 10.0 Å². The van der Waals surface area contributed by atoms with Gasteiger partial charge < -0.3 is 0 Å². The van der Waals surface area contributed by atoms with Gasteiger partial charge in [0.2, 0.25) is 10.0 Å². The van der Waals surface area contributed by atoms with Crippen LogP contribution in [0.15, 0.2) is 90.0 Å². The van der Waals surface area contributed by atoms with Crippen molar-refractivity contribution < 1.29 is 8.42 Å². The first-order valence-corrected chi connectivity index (χ1v) is 12.4. The van der Waals surface area contributed by atoms with Crippen LogP contribution < -0.4 is 10.2 Å². The number of hydrogen-bond donors (Lipinski definition) is 1. The second-order valence-electron chi connectivity index (χ2n) is 8.18. The Morgan fingerprint density at radius 1 is 0.912 bits per heavy atom. The first-order valence-electron chi connectivity index (χ1n) is 10.7. The summed E-state index contributed by atoms with van der Waals surface area (Å²) in [6, 6.07) is 21.8. The fourth-order valence-corrected chi connectivity index (χ4v) is 5.01. The van der Waals surface area contributed by atoms with Crippen LogP contribution in [0.4, 0.5) is 0 Å². The molecule has 0 aliphatic heterocycles. The van der Waals surface area contributed by atoms with Crippen molar-refractivity contribution in [2.24, 2.45) is 7.05 Å². The van der Waals surface area contributed by atoms with Gasteiger partial charge in [0.1, 0.15) is 0 Å². The van der Waals surface area contributed by atoms with Crippen molar-refractivity contribution in [2.75, 3.05) is 0 Å². The molecule has 0 spiro atoms. The van der Waals surface area contributed by atoms with Gasteiger partial charge in [-0.2, -0.15) is 5.10 Å². The Morgan fingerprint density at radius 3 is 2.47 bits per heavy atom. The van der Waals surface area contributed by atoms with E-state index in [0.29, 0.717) is 21.9 Å². The van der Waals surface area contributed by atoms with Gasteiger partial charge in [0.25, 0.3) is 0 Å². The fraction of sp³-hybridized carbons (Fsp3) is 0.115. The number of hydrogen-bond acceptors (Lipinski definition) is 5. The highest BCUT2D eigenvalue weighted by molar-refractivity contribution is 7.88. The Hall–Kier alpha value is -3.88. The maximum atomic E-state index is 13.5. The Labute approximate surface area is 196 Å². The van der Waals surface area contributed by atoms with Crippen molar-refractivity contribution >= 4 is 31.7 Å². The summed E-state index contributed by atoms with van der Waals surface area (Å²) in [6.07, 6.45) is 3.53. The topological polar surface area (TPSA) is 94.0 Å². The number of fused-ring (bicyclic) bond motifs is 2. The lowest BCUT2D eigenvalue weighted by Gasteiger charge is -2.07. The molecule has 0 atom stereocenters. The monoisotopic (exact) mass is 470 g/mol. The van der Waals surface area contributed by atoms with Crippen LogP contribution in [0.3, 0.4) is 0 Å². The van der Waals surface area contributed by atoms with Crippen molar-refractivity contribution in [3.8, 4) is 11.3 Å². The van der Waals surface area contributed by atoms with E-state index in [0.717, 1.165) is 22.2 Å². The lowest BCUT2D eigenvalue weighted by Crippen LogP contribution is -2.24. The highest BCUT2D eigenvalue weighted by Crippen LogP contribution is 2.22. The van der Waals surface area contributed by atoms with Crippen LogP contribution in [0.2, 0.25) is 0 Å². The molecule has 0 aliphatic carbocycles. The summed E-state index contributed by atoms with van der Waals surface area (Å²) in [5.74, 6) is -0.219. The molecule has 0 radical (unpaired) electrons. The van der Waals surface area contributed by atoms with Gasteiger partial charge in [-0.25, -0.2) is 13.1 Å². The van der Waals surface area contributed by atoms with Crippen molar-refractivity contribution in [2.45, 2.75) is 12.3 Å². The normalized spacial score (nSPS) is 11.8. The van der Waals surface area contributed by atoms with Crippen LogP contribution in [-0.2, 0) is 29.4 Å². The summed E-state index contributed by atoms with van der Waals surface area (Å²) in [7, 11) is -1.76. The van der Waals surface area contributed by atoms with E-state index in [1.54, 1.807) is 41.2 Å². The van der Waals surface area contributed by atoms with Gasteiger partial charge in [-0.05, 0) is 40.8 Å². The maximum Gasteiger partial charge on any atom is 0.216 e. The molecule has 0 unspecified atom stereocenters. The fourth-order valence-electron chi connectivity index (χ4n) is 3.91. The molecular weight excluding hydrogens is 448 g/mol. The van der Waals surface area contributed by atoms with Gasteiger partial charge in [0, 0.05) is 42.3 Å². The maximum absolute atomic E-state index is 13.5. The van der Waals surface area contributed by atoms with E-state index in [1.807, 2.05) is 55.7 Å². The third-order valence-electron chi connectivity index (χ3n) is 5.65. The SMILES string of the molecule is Cn1ccc(-c2cnc3ccc4ccc(CS(=O)(=O)NCc5ccccc5)cc4c(=O)c3c2)n1. The zero-order valence-corrected chi connectivity index (χ0v) is 19.3. The minimum absolute atomic E-state index is 0.197. The zero-order valence-electron chi connectivity index (χ0n) is 18.5. The predicted octanol–water partition coefficient (Wildman–Crippen LogP) is 3.77. The zero-order chi connectivity index (χ0) is 23.7. The van der Waals surface area contributed by atoms with Gasteiger partial charge in [-0.15, -0.1) is 0 Å². The molecule has 170 valence electrons. The average Bonchev–Trinajstić information content (AvgIpc) is 3.22. The predicted molar refractivity (Wildman–Crippen MR) is 134 cm³/mol. The number of rotatable bonds is 6. The molecule has 8 heteroatoms. The average molecular weight is 471 g/mol. The molecule has 2 aromatic heterocycles. The van der Waals surface area contributed by atoms with Crippen molar-refractivity contribution in [3.63, 3.8) is 0 Å². The van der Waals surface area contributed by atoms with Crippen LogP contribution in [-0.4, -0.2) is 23.2 Å². The summed E-state index contributed by atoms with van der Waals surface area (Å²) in [4.78, 5) is 17.9. The summed E-state index contributed by atoms with van der Waals surface area (Å²) in [5.41, 5.74) is 3.26. The van der Waals surface area contributed by atoms with E-state index in [-0.39, 0.29) is 17.7 Å². The number of benzene rings is 2. The standard InChI is InChI=1S/C26H22N4O3S/c1-30-12-11-24(29-30)21-14-23-25(27-16-21)10-9-20-8-7-19(13-22(20)26(23)31)17-34(32,33)28-15-18-5-3-2-4-6-18/h2-14,16,28H,15,17H2,1H3. The first kappa shape index (κ1) is 21.9. The minimum atomic E-state index is -3.59. The first-order chi connectivity index (χ1) is 16.4. The molecule has 0 saturated heterocycles. The van der Waals surface area contributed by atoms with E-state index in [4.69, 9.17) is 0 Å². The summed E-state index contributed by atoms with van der Waals surface area (Å²) in [5, 5.41) is 6.02. The van der Waals surface area contributed by atoms with Crippen LogP contribution in [0, 0.1) is 0 Å². The molecule has 1 N–H and O–H groups in total. The number of nitrogens with zero attached hydrogens (tertiary/aromatic N) is 3. The van der Waals surface area contributed by atoms with Crippen LogP contribution in [0.5, 0.6) is 0 Å². The van der Waals surface area contributed by atoms with Gasteiger partial charge in [-0.3, -0.25) is 14.5 Å². The number of nitrogens with one attached hydrogen (secondary N) is 1. The van der Waals surface area contributed by atoms with Gasteiger partial charge in [-0.1, -0.05) is 48.5 Å². The van der Waals surface area contributed by atoms with Crippen LogP contribution in [0.1, 0.15) is 11.1 Å².